The molecule has 0 aromatic heterocycles. The zero-order chi connectivity index (χ0) is 12.1. The Labute approximate surface area is 103 Å². The topological polar surface area (TPSA) is 61.4 Å². The molecule has 0 aromatic rings. The van der Waals surface area contributed by atoms with E-state index in [9.17, 15) is 4.79 Å². The van der Waals surface area contributed by atoms with Crippen molar-refractivity contribution >= 4 is 5.91 Å². The molecule has 1 aliphatic heterocycles. The Kier molecular flexibility index (Phi) is 4.40. The van der Waals surface area contributed by atoms with Crippen LogP contribution in [0, 0.1) is 11.3 Å². The van der Waals surface area contributed by atoms with E-state index in [0.717, 1.165) is 45.3 Å². The van der Waals surface area contributed by atoms with Crippen LogP contribution in [0.3, 0.4) is 0 Å². The predicted octanol–water partition coefficient (Wildman–Crippen LogP) is 0.655. The fraction of sp³-hybridized carbons (Fsp3) is 0.923. The molecule has 0 bridgehead atoms. The molecule has 0 aromatic carbocycles. The number of rotatable bonds is 5. The van der Waals surface area contributed by atoms with Crippen LogP contribution in [-0.4, -0.2) is 37.3 Å². The maximum atomic E-state index is 11.9. The molecule has 1 saturated heterocycles. The second kappa shape index (κ2) is 5.83. The van der Waals surface area contributed by atoms with Crippen molar-refractivity contribution in [3.8, 4) is 0 Å². The zero-order valence-electron chi connectivity index (χ0n) is 10.5. The summed E-state index contributed by atoms with van der Waals surface area (Å²) in [7, 11) is 0. The van der Waals surface area contributed by atoms with E-state index < -0.39 is 0 Å². The summed E-state index contributed by atoms with van der Waals surface area (Å²) in [6.45, 7) is 2.77. The number of carbonyl (C=O) groups excluding carboxylic acids is 1. The third-order valence-electron chi connectivity index (χ3n) is 4.38. The number of aliphatic hydroxyl groups excluding tert-OH is 1. The molecule has 4 heteroatoms. The van der Waals surface area contributed by atoms with Crippen LogP contribution in [0.5, 0.6) is 0 Å². The molecular formula is C13H24N2O2. The number of nitrogens with one attached hydrogen (secondary N) is 2. The summed E-state index contributed by atoms with van der Waals surface area (Å²) in [5, 5.41) is 15.5. The predicted molar refractivity (Wildman–Crippen MR) is 66.6 cm³/mol. The van der Waals surface area contributed by atoms with Gasteiger partial charge in [-0.05, 0) is 37.6 Å². The van der Waals surface area contributed by atoms with Gasteiger partial charge in [0.2, 0.25) is 5.91 Å². The molecule has 0 spiro atoms. The fourth-order valence-electron chi connectivity index (χ4n) is 3.17. The van der Waals surface area contributed by atoms with Crippen LogP contribution in [0.2, 0.25) is 0 Å². The smallest absolute Gasteiger partial charge is 0.224 e. The molecule has 1 heterocycles. The lowest BCUT2D eigenvalue weighted by molar-refractivity contribution is -0.125. The summed E-state index contributed by atoms with van der Waals surface area (Å²) < 4.78 is 0. The van der Waals surface area contributed by atoms with E-state index in [-0.39, 0.29) is 23.8 Å². The van der Waals surface area contributed by atoms with Crippen molar-refractivity contribution < 1.29 is 9.90 Å². The van der Waals surface area contributed by atoms with Gasteiger partial charge in [-0.1, -0.05) is 12.8 Å². The first-order chi connectivity index (χ1) is 8.26. The standard InChI is InChI=1S/C13H24N2O2/c16-8-6-13(4-1-2-5-13)10-15-12(17)11-3-7-14-9-11/h11,14,16H,1-10H2,(H,15,17). The highest BCUT2D eigenvalue weighted by atomic mass is 16.3. The lowest BCUT2D eigenvalue weighted by atomic mass is 9.83. The van der Waals surface area contributed by atoms with Crippen LogP contribution >= 0.6 is 0 Å². The summed E-state index contributed by atoms with van der Waals surface area (Å²) in [6, 6.07) is 0. The number of carbonyl (C=O) groups is 1. The van der Waals surface area contributed by atoms with Gasteiger partial charge in [0.05, 0.1) is 5.92 Å². The van der Waals surface area contributed by atoms with Crippen molar-refractivity contribution in [1.82, 2.24) is 10.6 Å². The zero-order valence-corrected chi connectivity index (χ0v) is 10.5. The number of hydrogen-bond acceptors (Lipinski definition) is 3. The minimum Gasteiger partial charge on any atom is -0.396 e. The van der Waals surface area contributed by atoms with E-state index in [1.807, 2.05) is 0 Å². The molecule has 98 valence electrons. The van der Waals surface area contributed by atoms with E-state index in [4.69, 9.17) is 5.11 Å². The molecule has 1 unspecified atom stereocenters. The Balaban J connectivity index is 1.80. The highest BCUT2D eigenvalue weighted by molar-refractivity contribution is 5.79. The van der Waals surface area contributed by atoms with Crippen molar-refractivity contribution in [2.24, 2.45) is 11.3 Å². The Bertz CT molecular complexity index is 256. The van der Waals surface area contributed by atoms with E-state index in [1.54, 1.807) is 0 Å². The Morgan fingerprint density at radius 3 is 2.76 bits per heavy atom. The fourth-order valence-corrected chi connectivity index (χ4v) is 3.17. The van der Waals surface area contributed by atoms with E-state index in [2.05, 4.69) is 10.6 Å². The first-order valence-electron chi connectivity index (χ1n) is 6.85. The first-order valence-corrected chi connectivity index (χ1v) is 6.85. The summed E-state index contributed by atoms with van der Waals surface area (Å²) in [4.78, 5) is 11.9. The van der Waals surface area contributed by atoms with E-state index in [0.29, 0.717) is 0 Å². The third kappa shape index (κ3) is 3.19. The van der Waals surface area contributed by atoms with Crippen LogP contribution < -0.4 is 10.6 Å². The largest absolute Gasteiger partial charge is 0.396 e. The molecule has 17 heavy (non-hydrogen) atoms. The Hall–Kier alpha value is -0.610. The van der Waals surface area contributed by atoms with Crippen molar-refractivity contribution in [3.63, 3.8) is 0 Å². The van der Waals surface area contributed by atoms with Gasteiger partial charge in [0.25, 0.3) is 0 Å². The Morgan fingerprint density at radius 2 is 2.18 bits per heavy atom. The van der Waals surface area contributed by atoms with Crippen molar-refractivity contribution in [2.45, 2.75) is 38.5 Å². The van der Waals surface area contributed by atoms with Crippen molar-refractivity contribution in [3.05, 3.63) is 0 Å². The number of amides is 1. The SMILES string of the molecule is O=C(NCC1(CCO)CCCC1)C1CCNC1. The third-order valence-corrected chi connectivity index (χ3v) is 4.38. The minimum absolute atomic E-state index is 0.155. The lowest BCUT2D eigenvalue weighted by Gasteiger charge is -2.29. The second-order valence-electron chi connectivity index (χ2n) is 5.59. The lowest BCUT2D eigenvalue weighted by Crippen LogP contribution is -2.40. The highest BCUT2D eigenvalue weighted by Gasteiger charge is 2.34. The van der Waals surface area contributed by atoms with Crippen LogP contribution in [0.25, 0.3) is 0 Å². The van der Waals surface area contributed by atoms with Gasteiger partial charge in [0.1, 0.15) is 0 Å². The minimum atomic E-state index is 0.155. The molecule has 1 aliphatic carbocycles. The maximum Gasteiger partial charge on any atom is 0.224 e. The van der Waals surface area contributed by atoms with E-state index in [1.165, 1.54) is 12.8 Å². The average Bonchev–Trinajstić information content (AvgIpc) is 2.98. The van der Waals surface area contributed by atoms with Gasteiger partial charge >= 0.3 is 0 Å². The molecule has 0 radical (unpaired) electrons. The van der Waals surface area contributed by atoms with Crippen molar-refractivity contribution in [1.29, 1.82) is 0 Å². The monoisotopic (exact) mass is 240 g/mol. The van der Waals surface area contributed by atoms with E-state index >= 15 is 0 Å². The molecule has 3 N–H and O–H groups in total. The normalized spacial score (nSPS) is 27.2. The molecule has 1 atom stereocenters. The number of hydrogen-bond donors (Lipinski definition) is 3. The van der Waals surface area contributed by atoms with Gasteiger partial charge < -0.3 is 15.7 Å². The van der Waals surface area contributed by atoms with Crippen LogP contribution in [0.15, 0.2) is 0 Å². The molecule has 4 nitrogen and oxygen atoms in total. The molecule has 1 saturated carbocycles. The van der Waals surface area contributed by atoms with Gasteiger partial charge in [0, 0.05) is 19.7 Å². The summed E-state index contributed by atoms with van der Waals surface area (Å²) in [5.41, 5.74) is 0.177. The average molecular weight is 240 g/mol. The molecule has 2 rings (SSSR count). The summed E-state index contributed by atoms with van der Waals surface area (Å²) in [6.07, 6.45) is 6.56. The van der Waals surface area contributed by atoms with Gasteiger partial charge in [0.15, 0.2) is 0 Å². The molecule has 1 amide bonds. The summed E-state index contributed by atoms with van der Waals surface area (Å²) >= 11 is 0. The second-order valence-corrected chi connectivity index (χ2v) is 5.59. The highest BCUT2D eigenvalue weighted by Crippen LogP contribution is 2.40. The number of aliphatic hydroxyl groups is 1. The summed E-state index contributed by atoms with van der Waals surface area (Å²) in [5.74, 6) is 0.349. The van der Waals surface area contributed by atoms with Crippen LogP contribution in [0.4, 0.5) is 0 Å². The van der Waals surface area contributed by atoms with Gasteiger partial charge in [-0.25, -0.2) is 0 Å². The van der Waals surface area contributed by atoms with Gasteiger partial charge in [-0.15, -0.1) is 0 Å². The quantitative estimate of drug-likeness (QED) is 0.661. The van der Waals surface area contributed by atoms with Crippen molar-refractivity contribution in [2.75, 3.05) is 26.2 Å². The van der Waals surface area contributed by atoms with Crippen LogP contribution in [-0.2, 0) is 4.79 Å². The Morgan fingerprint density at radius 1 is 1.41 bits per heavy atom. The van der Waals surface area contributed by atoms with Gasteiger partial charge in [-0.3, -0.25) is 4.79 Å². The molecule has 2 aliphatic rings. The van der Waals surface area contributed by atoms with Crippen LogP contribution in [0.1, 0.15) is 38.5 Å². The maximum absolute atomic E-state index is 11.9. The molecular weight excluding hydrogens is 216 g/mol. The first kappa shape index (κ1) is 12.8. The molecule has 2 fully saturated rings. The van der Waals surface area contributed by atoms with Gasteiger partial charge in [-0.2, -0.15) is 0 Å².